The molecule has 0 aliphatic rings. The molecular weight excluding hydrogens is 200 g/mol. The monoisotopic (exact) mass is 206 g/mol. The Morgan fingerprint density at radius 2 is 1.92 bits per heavy atom. The van der Waals surface area contributed by atoms with E-state index in [-0.39, 0.29) is 5.03 Å². The fourth-order valence-electron chi connectivity index (χ4n) is 0.638. The number of hydrogen-bond acceptors (Lipinski definition) is 4. The maximum atomic E-state index is 10.8. The third-order valence-electron chi connectivity index (χ3n) is 1.42. The topological polar surface area (TPSA) is 59.9 Å². The molecule has 0 radical (unpaired) electrons. The Morgan fingerprint density at radius 3 is 2.33 bits per heavy atom. The Hall–Kier alpha value is -0.680. The average molecular weight is 207 g/mol. The first kappa shape index (κ1) is 9.41. The number of nitrogens with zero attached hydrogens (tertiary/aromatic N) is 2. The van der Waals surface area contributed by atoms with Crippen LogP contribution in [0.5, 0.6) is 0 Å². The first-order chi connectivity index (χ1) is 5.41. The average Bonchev–Trinajstić information content (AvgIpc) is 1.92. The quantitative estimate of drug-likeness (QED) is 0.644. The van der Waals surface area contributed by atoms with Gasteiger partial charge < -0.3 is 0 Å². The predicted octanol–water partition coefficient (Wildman–Crippen LogP) is 1.02. The van der Waals surface area contributed by atoms with Gasteiger partial charge in [0, 0.05) is 10.7 Å². The number of aryl methyl sites for hydroxylation is 2. The lowest BCUT2D eigenvalue weighted by Gasteiger charge is -1.98. The van der Waals surface area contributed by atoms with Crippen molar-refractivity contribution in [1.82, 2.24) is 9.97 Å². The van der Waals surface area contributed by atoms with Crippen LogP contribution in [-0.2, 0) is 9.05 Å². The second-order valence-corrected chi connectivity index (χ2v) is 4.83. The van der Waals surface area contributed by atoms with Crippen molar-refractivity contribution in [2.75, 3.05) is 0 Å². The van der Waals surface area contributed by atoms with Gasteiger partial charge in [0.1, 0.15) is 0 Å². The minimum absolute atomic E-state index is 0.202. The summed E-state index contributed by atoms with van der Waals surface area (Å²) in [6.07, 6.45) is 1.14. The molecule has 0 spiro atoms. The lowest BCUT2D eigenvalue weighted by atomic mass is 10.4. The molecule has 0 fully saturated rings. The van der Waals surface area contributed by atoms with Crippen molar-refractivity contribution < 1.29 is 8.42 Å². The molecule has 66 valence electrons. The predicted molar refractivity (Wildman–Crippen MR) is 44.5 cm³/mol. The summed E-state index contributed by atoms with van der Waals surface area (Å²) in [4.78, 5) is 7.58. The molecule has 0 saturated carbocycles. The van der Waals surface area contributed by atoms with Gasteiger partial charge in [-0.3, -0.25) is 4.98 Å². The summed E-state index contributed by atoms with van der Waals surface area (Å²) in [5.41, 5.74) is 1.26. The summed E-state index contributed by atoms with van der Waals surface area (Å²) in [7, 11) is 1.31. The summed E-state index contributed by atoms with van der Waals surface area (Å²) in [6.45, 7) is 3.42. The minimum atomic E-state index is -3.74. The Balaban J connectivity index is 3.33. The van der Waals surface area contributed by atoms with E-state index in [9.17, 15) is 8.42 Å². The minimum Gasteiger partial charge on any atom is -0.257 e. The number of rotatable bonds is 1. The molecule has 4 nitrogen and oxygen atoms in total. The van der Waals surface area contributed by atoms with Gasteiger partial charge in [-0.1, -0.05) is 0 Å². The fourth-order valence-corrected chi connectivity index (χ4v) is 1.29. The highest BCUT2D eigenvalue weighted by molar-refractivity contribution is 8.13. The zero-order valence-electron chi connectivity index (χ0n) is 6.57. The van der Waals surface area contributed by atoms with Gasteiger partial charge in [0.25, 0.3) is 9.05 Å². The zero-order chi connectivity index (χ0) is 9.35. The molecule has 1 aromatic rings. The van der Waals surface area contributed by atoms with Crippen LogP contribution < -0.4 is 0 Å². The summed E-state index contributed by atoms with van der Waals surface area (Å²) in [5.74, 6) is 0. The first-order valence-electron chi connectivity index (χ1n) is 3.16. The molecule has 0 aromatic carbocycles. The summed E-state index contributed by atoms with van der Waals surface area (Å²) in [6, 6.07) is 0. The van der Waals surface area contributed by atoms with Gasteiger partial charge in [-0.2, -0.15) is 0 Å². The van der Waals surface area contributed by atoms with E-state index < -0.39 is 9.05 Å². The lowest BCUT2D eigenvalue weighted by Crippen LogP contribution is -2.00. The van der Waals surface area contributed by atoms with Crippen LogP contribution in [0.15, 0.2) is 11.2 Å². The van der Waals surface area contributed by atoms with E-state index in [2.05, 4.69) is 9.97 Å². The molecule has 0 N–H and O–H groups in total. The van der Waals surface area contributed by atoms with Crippen molar-refractivity contribution >= 4 is 19.7 Å². The molecule has 0 bridgehead atoms. The molecule has 0 amide bonds. The van der Waals surface area contributed by atoms with E-state index in [4.69, 9.17) is 10.7 Å². The lowest BCUT2D eigenvalue weighted by molar-refractivity contribution is 0.605. The fraction of sp³-hybridized carbons (Fsp3) is 0.333. The van der Waals surface area contributed by atoms with Crippen LogP contribution in [0, 0.1) is 13.8 Å². The van der Waals surface area contributed by atoms with Gasteiger partial charge in [0.05, 0.1) is 17.6 Å². The van der Waals surface area contributed by atoms with E-state index in [1.165, 1.54) is 0 Å². The number of halogens is 1. The third kappa shape index (κ3) is 1.92. The maximum Gasteiger partial charge on any atom is 0.280 e. The van der Waals surface area contributed by atoms with Gasteiger partial charge in [0.15, 0.2) is 5.03 Å². The maximum absolute atomic E-state index is 10.8. The summed E-state index contributed by atoms with van der Waals surface area (Å²) >= 11 is 0. The molecule has 1 heterocycles. The molecule has 12 heavy (non-hydrogen) atoms. The summed E-state index contributed by atoms with van der Waals surface area (Å²) < 4.78 is 21.5. The molecule has 0 atom stereocenters. The molecule has 0 saturated heterocycles. The van der Waals surface area contributed by atoms with Crippen molar-refractivity contribution in [3.8, 4) is 0 Å². The number of aromatic nitrogens is 2. The second-order valence-electron chi connectivity index (χ2n) is 2.32. The number of hydrogen-bond donors (Lipinski definition) is 0. The molecule has 0 unspecified atom stereocenters. The second kappa shape index (κ2) is 2.99. The van der Waals surface area contributed by atoms with E-state index in [1.54, 1.807) is 13.8 Å². The van der Waals surface area contributed by atoms with E-state index in [0.29, 0.717) is 11.4 Å². The highest BCUT2D eigenvalue weighted by Crippen LogP contribution is 2.11. The molecule has 6 heteroatoms. The molecule has 1 aromatic heterocycles. The van der Waals surface area contributed by atoms with Crippen molar-refractivity contribution in [3.63, 3.8) is 0 Å². The van der Waals surface area contributed by atoms with E-state index in [0.717, 1.165) is 6.20 Å². The van der Waals surface area contributed by atoms with Crippen molar-refractivity contribution in [2.24, 2.45) is 0 Å². The molecular formula is C6H7ClN2O2S. The van der Waals surface area contributed by atoms with Crippen LogP contribution in [0.25, 0.3) is 0 Å². The largest absolute Gasteiger partial charge is 0.280 e. The Kier molecular flexibility index (Phi) is 2.34. The smallest absolute Gasteiger partial charge is 0.257 e. The molecule has 0 aliphatic heterocycles. The van der Waals surface area contributed by atoms with E-state index >= 15 is 0 Å². The first-order valence-corrected chi connectivity index (χ1v) is 5.47. The summed E-state index contributed by atoms with van der Waals surface area (Å²) in [5, 5.41) is -0.202. The van der Waals surface area contributed by atoms with Crippen LogP contribution >= 0.6 is 10.7 Å². The highest BCUT2D eigenvalue weighted by atomic mass is 35.7. The third-order valence-corrected chi connectivity index (χ3v) is 2.59. The molecule has 0 aliphatic carbocycles. The normalized spacial score (nSPS) is 11.6. The highest BCUT2D eigenvalue weighted by Gasteiger charge is 2.12. The Bertz CT molecular complexity index is 402. The van der Waals surface area contributed by atoms with Crippen molar-refractivity contribution in [3.05, 3.63) is 17.6 Å². The van der Waals surface area contributed by atoms with Gasteiger partial charge in [0.2, 0.25) is 0 Å². The Labute approximate surface area is 75.0 Å². The Morgan fingerprint density at radius 1 is 1.33 bits per heavy atom. The van der Waals surface area contributed by atoms with Crippen LogP contribution in [-0.4, -0.2) is 18.4 Å². The van der Waals surface area contributed by atoms with Crippen LogP contribution in [0.4, 0.5) is 0 Å². The van der Waals surface area contributed by atoms with Crippen LogP contribution in [0.3, 0.4) is 0 Å². The van der Waals surface area contributed by atoms with Gasteiger partial charge >= 0.3 is 0 Å². The van der Waals surface area contributed by atoms with Crippen molar-refractivity contribution in [2.45, 2.75) is 18.9 Å². The van der Waals surface area contributed by atoms with Gasteiger partial charge in [-0.05, 0) is 13.8 Å². The van der Waals surface area contributed by atoms with E-state index in [1.807, 2.05) is 0 Å². The SMILES string of the molecule is Cc1ncc(S(=O)(=O)Cl)nc1C. The van der Waals surface area contributed by atoms with Crippen LogP contribution in [0.2, 0.25) is 0 Å². The van der Waals surface area contributed by atoms with Crippen molar-refractivity contribution in [1.29, 1.82) is 0 Å². The van der Waals surface area contributed by atoms with Crippen LogP contribution in [0.1, 0.15) is 11.4 Å². The standard InChI is InChI=1S/C6H7ClN2O2S/c1-4-5(2)9-6(3-8-4)12(7,10)11/h3H,1-2H3. The zero-order valence-corrected chi connectivity index (χ0v) is 8.15. The van der Waals surface area contributed by atoms with Gasteiger partial charge in [-0.15, -0.1) is 0 Å². The molecule has 1 rings (SSSR count). The van der Waals surface area contributed by atoms with Gasteiger partial charge in [-0.25, -0.2) is 13.4 Å².